The highest BCUT2D eigenvalue weighted by Gasteiger charge is 2.08. The molecule has 5 nitrogen and oxygen atoms in total. The predicted molar refractivity (Wildman–Crippen MR) is 44.7 cm³/mol. The number of hydrogen-bond acceptors (Lipinski definition) is 4. The van der Waals surface area contributed by atoms with Crippen LogP contribution < -0.4 is 11.1 Å². The first-order valence-corrected chi connectivity index (χ1v) is 3.60. The Morgan fingerprint density at radius 1 is 1.58 bits per heavy atom. The number of anilines is 1. The number of nitrogens with zero attached hydrogens (tertiary/aromatic N) is 2. The molecule has 0 atom stereocenters. The van der Waals surface area contributed by atoms with E-state index in [1.54, 1.807) is 0 Å². The summed E-state index contributed by atoms with van der Waals surface area (Å²) in [5.41, 5.74) is 5.24. The summed E-state index contributed by atoms with van der Waals surface area (Å²) in [7, 11) is 0. The van der Waals surface area contributed by atoms with Gasteiger partial charge >= 0.3 is 0 Å². The van der Waals surface area contributed by atoms with E-state index in [0.29, 0.717) is 12.4 Å². The maximum absolute atomic E-state index is 10.8. The van der Waals surface area contributed by atoms with E-state index in [1.807, 2.05) is 6.92 Å². The second kappa shape index (κ2) is 3.66. The van der Waals surface area contributed by atoms with Crippen LogP contribution in [0.15, 0.2) is 12.4 Å². The maximum Gasteiger partial charge on any atom is 0.271 e. The smallest absolute Gasteiger partial charge is 0.271 e. The molecule has 3 N–H and O–H groups in total. The van der Waals surface area contributed by atoms with E-state index < -0.39 is 5.91 Å². The number of primary amides is 1. The molecule has 1 aromatic heterocycles. The lowest BCUT2D eigenvalue weighted by Crippen LogP contribution is -2.17. The van der Waals surface area contributed by atoms with Crippen molar-refractivity contribution in [3.05, 3.63) is 18.1 Å². The van der Waals surface area contributed by atoms with Crippen LogP contribution in [0.4, 0.5) is 5.82 Å². The van der Waals surface area contributed by atoms with Gasteiger partial charge in [-0.15, -0.1) is 0 Å². The van der Waals surface area contributed by atoms with Gasteiger partial charge in [-0.3, -0.25) is 4.79 Å². The average molecular weight is 166 g/mol. The van der Waals surface area contributed by atoms with Crippen LogP contribution in [0.1, 0.15) is 17.4 Å². The Morgan fingerprint density at radius 3 is 2.83 bits per heavy atom. The Balaban J connectivity index is 3.00. The molecule has 0 radical (unpaired) electrons. The minimum absolute atomic E-state index is 0.180. The monoisotopic (exact) mass is 166 g/mol. The second-order valence-corrected chi connectivity index (χ2v) is 2.15. The molecular formula is C7H10N4O. The number of aromatic nitrogens is 2. The first kappa shape index (κ1) is 8.45. The van der Waals surface area contributed by atoms with E-state index in [9.17, 15) is 4.79 Å². The van der Waals surface area contributed by atoms with E-state index in [0.717, 1.165) is 0 Å². The van der Waals surface area contributed by atoms with Crippen molar-refractivity contribution in [2.45, 2.75) is 6.92 Å². The van der Waals surface area contributed by atoms with Crippen LogP contribution in [0, 0.1) is 0 Å². The maximum atomic E-state index is 10.8. The van der Waals surface area contributed by atoms with Crippen molar-refractivity contribution in [1.82, 2.24) is 9.97 Å². The minimum Gasteiger partial charge on any atom is -0.368 e. The largest absolute Gasteiger partial charge is 0.368 e. The molecule has 64 valence electrons. The zero-order valence-electron chi connectivity index (χ0n) is 6.74. The lowest BCUT2D eigenvalue weighted by molar-refractivity contribution is 0.0996. The Bertz CT molecular complexity index is 286. The van der Waals surface area contributed by atoms with Crippen molar-refractivity contribution >= 4 is 11.7 Å². The quantitative estimate of drug-likeness (QED) is 0.662. The Labute approximate surface area is 70.0 Å². The van der Waals surface area contributed by atoms with Crippen LogP contribution in [0.2, 0.25) is 0 Å². The van der Waals surface area contributed by atoms with Crippen molar-refractivity contribution in [2.24, 2.45) is 5.73 Å². The standard InChI is InChI=1S/C7H10N4O/c1-2-9-7-5(6(8)12)10-3-4-11-7/h3-4H,2H2,1H3,(H2,8,12)(H,9,11). The van der Waals surface area contributed by atoms with Gasteiger partial charge in [0.25, 0.3) is 5.91 Å². The fourth-order valence-electron chi connectivity index (χ4n) is 0.815. The molecule has 0 saturated carbocycles. The third-order valence-electron chi connectivity index (χ3n) is 1.28. The summed E-state index contributed by atoms with van der Waals surface area (Å²) in [6.07, 6.45) is 2.94. The molecule has 0 aliphatic heterocycles. The highest BCUT2D eigenvalue weighted by molar-refractivity contribution is 5.95. The molecule has 0 bridgehead atoms. The summed E-state index contributed by atoms with van der Waals surface area (Å²) in [6, 6.07) is 0. The van der Waals surface area contributed by atoms with Gasteiger partial charge in [0, 0.05) is 18.9 Å². The van der Waals surface area contributed by atoms with Gasteiger partial charge in [-0.1, -0.05) is 0 Å². The highest BCUT2D eigenvalue weighted by Crippen LogP contribution is 2.05. The molecule has 1 heterocycles. The number of nitrogens with two attached hydrogens (primary N) is 1. The second-order valence-electron chi connectivity index (χ2n) is 2.15. The third-order valence-corrected chi connectivity index (χ3v) is 1.28. The summed E-state index contributed by atoms with van der Waals surface area (Å²) < 4.78 is 0. The summed E-state index contributed by atoms with van der Waals surface area (Å²) in [6.45, 7) is 2.58. The average Bonchev–Trinajstić information content (AvgIpc) is 2.05. The Morgan fingerprint density at radius 2 is 2.25 bits per heavy atom. The number of amides is 1. The summed E-state index contributed by atoms with van der Waals surface area (Å²) in [5, 5.41) is 2.88. The van der Waals surface area contributed by atoms with Crippen LogP contribution >= 0.6 is 0 Å². The van der Waals surface area contributed by atoms with Crippen LogP contribution in [0.5, 0.6) is 0 Å². The Hall–Kier alpha value is -1.65. The SMILES string of the molecule is CCNc1nccnc1C(N)=O. The molecule has 0 aliphatic carbocycles. The van der Waals surface area contributed by atoms with Crippen LogP contribution in [-0.4, -0.2) is 22.4 Å². The molecule has 0 aromatic carbocycles. The van der Waals surface area contributed by atoms with Crippen molar-refractivity contribution < 1.29 is 4.79 Å². The van der Waals surface area contributed by atoms with Gasteiger partial charge in [-0.2, -0.15) is 0 Å². The number of nitrogens with one attached hydrogen (secondary N) is 1. The highest BCUT2D eigenvalue weighted by atomic mass is 16.1. The van der Waals surface area contributed by atoms with Gasteiger partial charge in [0.15, 0.2) is 11.5 Å². The minimum atomic E-state index is -0.570. The third kappa shape index (κ3) is 1.69. The fourth-order valence-corrected chi connectivity index (χ4v) is 0.815. The molecule has 0 spiro atoms. The van der Waals surface area contributed by atoms with E-state index in [1.165, 1.54) is 12.4 Å². The van der Waals surface area contributed by atoms with E-state index in [-0.39, 0.29) is 5.69 Å². The summed E-state index contributed by atoms with van der Waals surface area (Å²) in [5.74, 6) is -0.133. The fraction of sp³-hybridized carbons (Fsp3) is 0.286. The van der Waals surface area contributed by atoms with E-state index in [2.05, 4.69) is 15.3 Å². The normalized spacial score (nSPS) is 9.42. The van der Waals surface area contributed by atoms with Gasteiger partial charge in [-0.05, 0) is 6.92 Å². The lowest BCUT2D eigenvalue weighted by atomic mass is 10.4. The molecule has 1 aromatic rings. The van der Waals surface area contributed by atoms with Gasteiger partial charge in [0.2, 0.25) is 0 Å². The van der Waals surface area contributed by atoms with Gasteiger partial charge in [0.1, 0.15) is 0 Å². The van der Waals surface area contributed by atoms with Crippen LogP contribution in [-0.2, 0) is 0 Å². The van der Waals surface area contributed by atoms with Crippen LogP contribution in [0.3, 0.4) is 0 Å². The Kier molecular flexibility index (Phi) is 2.57. The molecule has 0 aliphatic rings. The zero-order valence-corrected chi connectivity index (χ0v) is 6.74. The van der Waals surface area contributed by atoms with Crippen LogP contribution in [0.25, 0.3) is 0 Å². The number of carbonyl (C=O) groups is 1. The first-order chi connectivity index (χ1) is 5.75. The molecule has 5 heteroatoms. The molecule has 0 unspecified atom stereocenters. The number of rotatable bonds is 3. The lowest BCUT2D eigenvalue weighted by Gasteiger charge is -2.03. The van der Waals surface area contributed by atoms with Crippen molar-refractivity contribution in [2.75, 3.05) is 11.9 Å². The van der Waals surface area contributed by atoms with Gasteiger partial charge in [-0.25, -0.2) is 9.97 Å². The number of carbonyl (C=O) groups excluding carboxylic acids is 1. The molecule has 0 saturated heterocycles. The van der Waals surface area contributed by atoms with Crippen molar-refractivity contribution in [1.29, 1.82) is 0 Å². The van der Waals surface area contributed by atoms with E-state index in [4.69, 9.17) is 5.73 Å². The van der Waals surface area contributed by atoms with Crippen molar-refractivity contribution in [3.63, 3.8) is 0 Å². The summed E-state index contributed by atoms with van der Waals surface area (Å²) in [4.78, 5) is 18.5. The predicted octanol–water partition coefficient (Wildman–Crippen LogP) is 0.00730. The zero-order chi connectivity index (χ0) is 8.97. The van der Waals surface area contributed by atoms with Gasteiger partial charge in [0.05, 0.1) is 0 Å². The first-order valence-electron chi connectivity index (χ1n) is 3.60. The summed E-state index contributed by atoms with van der Waals surface area (Å²) >= 11 is 0. The molecular weight excluding hydrogens is 156 g/mol. The number of hydrogen-bond donors (Lipinski definition) is 2. The van der Waals surface area contributed by atoms with Crippen molar-refractivity contribution in [3.8, 4) is 0 Å². The molecule has 1 rings (SSSR count). The van der Waals surface area contributed by atoms with Gasteiger partial charge < -0.3 is 11.1 Å². The molecule has 12 heavy (non-hydrogen) atoms. The van der Waals surface area contributed by atoms with E-state index >= 15 is 0 Å². The topological polar surface area (TPSA) is 80.9 Å². The molecule has 1 amide bonds. The molecule has 0 fully saturated rings.